The van der Waals surface area contributed by atoms with Gasteiger partial charge in [0.05, 0.1) is 16.7 Å². The van der Waals surface area contributed by atoms with E-state index < -0.39 is 11.7 Å². The smallest absolute Gasteiger partial charge is 0.384 e. The number of nitrogen functional groups attached to an aromatic ring is 1. The third kappa shape index (κ3) is 6.92. The Hall–Kier alpha value is -3.74. The van der Waals surface area contributed by atoms with Gasteiger partial charge in [-0.15, -0.1) is 0 Å². The number of nitrogens with zero attached hydrogens (tertiary/aromatic N) is 3. The number of piperazine rings is 1. The number of hydrogen-bond donors (Lipinski definition) is 3. The van der Waals surface area contributed by atoms with E-state index in [1.165, 1.54) is 25.3 Å². The summed E-state index contributed by atoms with van der Waals surface area (Å²) in [5.41, 5.74) is 9.80. The zero-order valence-corrected chi connectivity index (χ0v) is 25.2. The summed E-state index contributed by atoms with van der Waals surface area (Å²) in [6.45, 7) is 5.42. The minimum Gasteiger partial charge on any atom is -0.384 e. The van der Waals surface area contributed by atoms with Crippen molar-refractivity contribution in [3.8, 4) is 23.0 Å². The highest BCUT2D eigenvalue weighted by atomic mass is 19.4. The minimum atomic E-state index is -4.45. The van der Waals surface area contributed by atoms with Crippen molar-refractivity contribution in [3.05, 3.63) is 76.0 Å². The van der Waals surface area contributed by atoms with Gasteiger partial charge in [-0.1, -0.05) is 55.4 Å². The summed E-state index contributed by atoms with van der Waals surface area (Å²) in [6, 6.07) is 10.6. The molecular formula is C34H41F3N6. The van der Waals surface area contributed by atoms with Gasteiger partial charge in [-0.25, -0.2) is 0 Å². The Kier molecular flexibility index (Phi) is 9.19. The highest BCUT2D eigenvalue weighted by Crippen LogP contribution is 2.37. The normalized spacial score (nSPS) is 17.0. The van der Waals surface area contributed by atoms with Crippen molar-refractivity contribution < 1.29 is 13.2 Å². The molecule has 0 spiro atoms. The van der Waals surface area contributed by atoms with Crippen molar-refractivity contribution in [1.29, 1.82) is 5.41 Å². The van der Waals surface area contributed by atoms with Gasteiger partial charge >= 0.3 is 6.18 Å². The van der Waals surface area contributed by atoms with Gasteiger partial charge in [-0.3, -0.25) is 10.3 Å². The average Bonchev–Trinajstić information content (AvgIpc) is 3.37. The monoisotopic (exact) mass is 590 g/mol. The molecule has 2 fully saturated rings. The number of benzene rings is 2. The molecule has 0 atom stereocenters. The minimum absolute atomic E-state index is 0.0509. The maximum atomic E-state index is 14.2. The zero-order valence-electron chi connectivity index (χ0n) is 25.2. The Morgan fingerprint density at radius 3 is 2.28 bits per heavy atom. The van der Waals surface area contributed by atoms with Crippen LogP contribution in [0.2, 0.25) is 0 Å². The van der Waals surface area contributed by atoms with E-state index in [2.05, 4.69) is 31.5 Å². The highest BCUT2D eigenvalue weighted by molar-refractivity contribution is 6.02. The quantitative estimate of drug-likeness (QED) is 0.175. The van der Waals surface area contributed by atoms with E-state index >= 15 is 0 Å². The Labute approximate surface area is 252 Å². The van der Waals surface area contributed by atoms with Crippen LogP contribution in [0.25, 0.3) is 11.1 Å². The fourth-order valence-corrected chi connectivity index (χ4v) is 6.27. The van der Waals surface area contributed by atoms with Gasteiger partial charge in [-0.2, -0.15) is 13.2 Å². The van der Waals surface area contributed by atoms with Crippen LogP contribution in [0, 0.1) is 24.2 Å². The van der Waals surface area contributed by atoms with E-state index in [1.54, 1.807) is 12.1 Å². The van der Waals surface area contributed by atoms with Gasteiger partial charge in [0, 0.05) is 57.6 Å². The molecule has 1 aromatic heterocycles. The number of alkyl halides is 3. The molecular weight excluding hydrogens is 549 g/mol. The third-order valence-electron chi connectivity index (χ3n) is 8.81. The summed E-state index contributed by atoms with van der Waals surface area (Å²) in [6.07, 6.45) is 3.25. The summed E-state index contributed by atoms with van der Waals surface area (Å²) in [5, 5.41) is 11.5. The van der Waals surface area contributed by atoms with Gasteiger partial charge in [0.1, 0.15) is 11.7 Å². The summed E-state index contributed by atoms with van der Waals surface area (Å²) in [5.74, 6) is 7.22. The van der Waals surface area contributed by atoms with Crippen molar-refractivity contribution in [1.82, 2.24) is 14.4 Å². The Morgan fingerprint density at radius 2 is 1.63 bits per heavy atom. The molecule has 4 N–H and O–H groups in total. The summed E-state index contributed by atoms with van der Waals surface area (Å²) >= 11 is 0. The van der Waals surface area contributed by atoms with E-state index in [0.717, 1.165) is 56.0 Å². The lowest BCUT2D eigenvalue weighted by Gasteiger charge is -2.33. The summed E-state index contributed by atoms with van der Waals surface area (Å²) < 4.78 is 44.9. The van der Waals surface area contributed by atoms with Crippen LogP contribution < -0.4 is 11.1 Å². The van der Waals surface area contributed by atoms with Crippen molar-refractivity contribution in [2.75, 3.05) is 45.6 Å². The number of hydrogen-bond acceptors (Lipinski definition) is 4. The first-order valence-corrected chi connectivity index (χ1v) is 15.1. The van der Waals surface area contributed by atoms with E-state index in [-0.39, 0.29) is 12.4 Å². The van der Waals surface area contributed by atoms with Crippen LogP contribution in [-0.2, 0) is 12.7 Å². The van der Waals surface area contributed by atoms with Crippen LogP contribution in [0.4, 0.5) is 19.0 Å². The SMILES string of the molecule is CNc1c(C(=N)N)c(C#Cc2cc(-c3ccc(CN4CCN(C)CC4)c(C(F)(F)F)c3)ccc2C)cn1C1CCCCC1. The number of aromatic nitrogens is 1. The van der Waals surface area contributed by atoms with Crippen LogP contribution in [-0.4, -0.2) is 60.5 Å². The van der Waals surface area contributed by atoms with Gasteiger partial charge < -0.3 is 20.5 Å². The van der Waals surface area contributed by atoms with Crippen LogP contribution in [0.1, 0.15) is 71.5 Å². The number of aryl methyl sites for hydroxylation is 1. The van der Waals surface area contributed by atoms with Crippen LogP contribution in [0.3, 0.4) is 0 Å². The first kappa shape index (κ1) is 30.7. The molecule has 0 bridgehead atoms. The van der Waals surface area contributed by atoms with Crippen molar-refractivity contribution in [2.24, 2.45) is 5.73 Å². The standard InChI is InChI=1S/C34H41F3N6/c1-23-9-10-25(26-12-13-27(30(20-26)34(35,36)37)21-42-17-15-41(3)16-18-42)19-24(23)11-14-28-22-43(29-7-5-4-6-8-29)33(40-2)31(28)32(38)39/h9-10,12-13,19-20,22,29,40H,4-8,15-18,21H2,1-3H3,(H3,38,39). The lowest BCUT2D eigenvalue weighted by Crippen LogP contribution is -2.44. The molecule has 3 aromatic rings. The fourth-order valence-electron chi connectivity index (χ4n) is 6.27. The van der Waals surface area contributed by atoms with Gasteiger partial charge in [0.2, 0.25) is 0 Å². The number of rotatable bonds is 6. The Morgan fingerprint density at radius 1 is 0.977 bits per heavy atom. The molecule has 2 heterocycles. The van der Waals surface area contributed by atoms with Crippen LogP contribution in [0.5, 0.6) is 0 Å². The molecule has 1 aliphatic carbocycles. The van der Waals surface area contributed by atoms with E-state index in [1.807, 2.05) is 45.4 Å². The molecule has 1 saturated carbocycles. The number of amidine groups is 1. The lowest BCUT2D eigenvalue weighted by molar-refractivity contribution is -0.138. The number of nitrogens with one attached hydrogen (secondary N) is 2. The predicted molar refractivity (Wildman–Crippen MR) is 167 cm³/mol. The summed E-state index contributed by atoms with van der Waals surface area (Å²) in [7, 11) is 3.86. The molecule has 228 valence electrons. The molecule has 2 aromatic carbocycles. The third-order valence-corrected chi connectivity index (χ3v) is 8.81. The van der Waals surface area contributed by atoms with Gasteiger partial charge in [-0.05, 0) is 61.2 Å². The lowest BCUT2D eigenvalue weighted by atomic mass is 9.95. The predicted octanol–water partition coefficient (Wildman–Crippen LogP) is 6.46. The second kappa shape index (κ2) is 12.9. The molecule has 1 saturated heterocycles. The second-order valence-electron chi connectivity index (χ2n) is 11.9. The summed E-state index contributed by atoms with van der Waals surface area (Å²) in [4.78, 5) is 4.27. The van der Waals surface area contributed by atoms with E-state index in [0.29, 0.717) is 33.9 Å². The zero-order chi connectivity index (χ0) is 30.7. The average molecular weight is 591 g/mol. The second-order valence-corrected chi connectivity index (χ2v) is 11.9. The van der Waals surface area contributed by atoms with Crippen LogP contribution >= 0.6 is 0 Å². The topological polar surface area (TPSA) is 73.3 Å². The van der Waals surface area contributed by atoms with Crippen molar-refractivity contribution in [3.63, 3.8) is 0 Å². The molecule has 43 heavy (non-hydrogen) atoms. The maximum Gasteiger partial charge on any atom is 0.416 e. The molecule has 2 aliphatic rings. The van der Waals surface area contributed by atoms with Crippen molar-refractivity contribution in [2.45, 2.75) is 57.8 Å². The number of nitrogens with two attached hydrogens (primary N) is 1. The largest absolute Gasteiger partial charge is 0.416 e. The van der Waals surface area contributed by atoms with Gasteiger partial charge in [0.25, 0.3) is 0 Å². The van der Waals surface area contributed by atoms with Crippen molar-refractivity contribution >= 4 is 11.7 Å². The molecule has 6 nitrogen and oxygen atoms in total. The maximum absolute atomic E-state index is 14.2. The number of halogens is 3. The number of likely N-dealkylation sites (N-methyl/N-ethyl adjacent to an activating group) is 1. The molecule has 0 unspecified atom stereocenters. The first-order chi connectivity index (χ1) is 20.5. The molecule has 9 heteroatoms. The fraction of sp³-hybridized carbons (Fsp3) is 0.441. The molecule has 0 amide bonds. The van der Waals surface area contributed by atoms with E-state index in [4.69, 9.17) is 11.1 Å². The molecule has 0 radical (unpaired) electrons. The molecule has 5 rings (SSSR count). The first-order valence-electron chi connectivity index (χ1n) is 15.1. The highest BCUT2D eigenvalue weighted by Gasteiger charge is 2.34. The Balaban J connectivity index is 1.47. The van der Waals surface area contributed by atoms with Crippen LogP contribution in [0.15, 0.2) is 42.6 Å². The number of anilines is 1. The van der Waals surface area contributed by atoms with Gasteiger partial charge in [0.15, 0.2) is 0 Å². The molecule has 1 aliphatic heterocycles. The Bertz CT molecular complexity index is 1530. The van der Waals surface area contributed by atoms with E-state index in [9.17, 15) is 13.2 Å².